The van der Waals surface area contributed by atoms with E-state index in [2.05, 4.69) is 15.0 Å². The number of likely N-dealkylation sites (tertiary alicyclic amines) is 2. The summed E-state index contributed by atoms with van der Waals surface area (Å²) in [6.07, 6.45) is 3.57. The Labute approximate surface area is 260 Å². The lowest BCUT2D eigenvalue weighted by atomic mass is 10.1. The maximum Gasteiger partial charge on any atom is 0.267 e. The molecular formula is C27H29ClN6O6S3. The fourth-order valence-electron chi connectivity index (χ4n) is 5.68. The molecule has 2 saturated heterocycles. The fourth-order valence-corrected chi connectivity index (χ4v) is 9.40. The molecule has 0 radical (unpaired) electrons. The quantitative estimate of drug-likeness (QED) is 0.347. The Balaban J connectivity index is 1.06. The zero-order chi connectivity index (χ0) is 30.3. The Morgan fingerprint density at radius 3 is 2.74 bits per heavy atom. The highest BCUT2D eigenvalue weighted by Crippen LogP contribution is 2.31. The van der Waals surface area contributed by atoms with Crippen LogP contribution in [0, 0.1) is 0 Å². The second-order valence-corrected chi connectivity index (χ2v) is 15.2. The number of nitrogens with one attached hydrogen (secondary N) is 2. The summed E-state index contributed by atoms with van der Waals surface area (Å²) >= 11 is 8.60. The monoisotopic (exact) mass is 664 g/mol. The molecule has 3 aromatic rings. The minimum absolute atomic E-state index is 0.0334. The summed E-state index contributed by atoms with van der Waals surface area (Å²) in [6.45, 7) is 1.31. The van der Waals surface area contributed by atoms with Gasteiger partial charge in [-0.05, 0) is 55.3 Å². The molecule has 16 heteroatoms. The normalized spacial score (nSPS) is 20.5. The van der Waals surface area contributed by atoms with Crippen LogP contribution in [0.3, 0.4) is 0 Å². The molecule has 5 heterocycles. The predicted molar refractivity (Wildman–Crippen MR) is 163 cm³/mol. The number of aromatic nitrogens is 2. The Kier molecular flexibility index (Phi) is 8.52. The Hall–Kier alpha value is -2.98. The first kappa shape index (κ1) is 30.1. The average Bonchev–Trinajstić information content (AvgIpc) is 3.73. The number of hydrogen-bond donors (Lipinski definition) is 2. The van der Waals surface area contributed by atoms with Crippen molar-refractivity contribution < 1.29 is 22.8 Å². The van der Waals surface area contributed by atoms with Crippen LogP contribution in [0.4, 0.5) is 0 Å². The van der Waals surface area contributed by atoms with Gasteiger partial charge >= 0.3 is 0 Å². The van der Waals surface area contributed by atoms with Crippen LogP contribution in [0.5, 0.6) is 0 Å². The molecule has 2 fully saturated rings. The lowest BCUT2D eigenvalue weighted by Gasteiger charge is -2.34. The second-order valence-electron chi connectivity index (χ2n) is 10.7. The molecule has 0 aliphatic carbocycles. The summed E-state index contributed by atoms with van der Waals surface area (Å²) in [5.74, 6) is -0.516. The molecule has 0 unspecified atom stereocenters. The molecule has 0 spiro atoms. The number of thioether (sulfide) groups is 1. The summed E-state index contributed by atoms with van der Waals surface area (Å²) in [6, 6.07) is 5.40. The van der Waals surface area contributed by atoms with Crippen LogP contribution in [0.25, 0.3) is 10.1 Å². The molecule has 3 aliphatic rings. The summed E-state index contributed by atoms with van der Waals surface area (Å²) < 4.78 is 31.2. The van der Waals surface area contributed by atoms with Crippen molar-refractivity contribution in [2.24, 2.45) is 0 Å². The van der Waals surface area contributed by atoms with Gasteiger partial charge in [0.25, 0.3) is 21.5 Å². The van der Waals surface area contributed by atoms with E-state index in [-0.39, 0.29) is 40.4 Å². The van der Waals surface area contributed by atoms with Crippen LogP contribution < -0.4 is 15.6 Å². The van der Waals surface area contributed by atoms with Gasteiger partial charge in [-0.25, -0.2) is 13.4 Å². The third kappa shape index (κ3) is 6.18. The zero-order valence-electron chi connectivity index (χ0n) is 23.0. The van der Waals surface area contributed by atoms with Gasteiger partial charge in [-0.2, -0.15) is 4.72 Å². The van der Waals surface area contributed by atoms with Gasteiger partial charge in [-0.1, -0.05) is 23.4 Å². The third-order valence-corrected chi connectivity index (χ3v) is 12.1. The van der Waals surface area contributed by atoms with Gasteiger partial charge in [0.1, 0.15) is 15.8 Å². The molecule has 2 N–H and O–H groups in total. The number of carbonyl (C=O) groups is 3. The SMILES string of the molecule is O=C(NC[C@@H]1CCCN1C(=O)CN1CCC[C@H](NS(=O)(=O)c2cc3cc(Cl)ccc3s2)C1=O)c1cnc2n(c1=O)CCS2. The van der Waals surface area contributed by atoms with Crippen molar-refractivity contribution in [1.29, 1.82) is 0 Å². The first-order valence-corrected chi connectivity index (χ1v) is 17.6. The largest absolute Gasteiger partial charge is 0.350 e. The number of halogens is 1. The number of hydrogen-bond acceptors (Lipinski definition) is 9. The first-order valence-electron chi connectivity index (χ1n) is 13.9. The number of carbonyl (C=O) groups excluding carboxylic acids is 3. The van der Waals surface area contributed by atoms with Crippen molar-refractivity contribution in [3.05, 3.63) is 51.4 Å². The molecule has 228 valence electrons. The van der Waals surface area contributed by atoms with Gasteiger partial charge < -0.3 is 15.1 Å². The first-order chi connectivity index (χ1) is 20.6. The standard InChI is InChI=1S/C27H29ClN6O6S3/c28-17-5-6-21-16(11-17)12-23(42-21)43(39,40)31-20-4-2-7-32(26(20)38)15-22(35)33-8-1-3-18(33)13-29-24(36)19-14-30-27-34(25(19)37)9-10-41-27/h5-6,11-12,14,18,20,31H,1-4,7-10,13,15H2,(H,29,36)/t18-,20-/m0/s1. The van der Waals surface area contributed by atoms with Gasteiger partial charge in [-0.3, -0.25) is 23.7 Å². The van der Waals surface area contributed by atoms with Crippen LogP contribution in [0.15, 0.2) is 44.6 Å². The minimum atomic E-state index is -3.98. The molecule has 0 saturated carbocycles. The molecule has 43 heavy (non-hydrogen) atoms. The molecule has 2 atom stereocenters. The number of sulfonamides is 1. The van der Waals surface area contributed by atoms with E-state index in [0.29, 0.717) is 54.5 Å². The van der Waals surface area contributed by atoms with E-state index < -0.39 is 27.9 Å². The van der Waals surface area contributed by atoms with Crippen LogP contribution >= 0.6 is 34.7 Å². The maximum atomic E-state index is 13.3. The Morgan fingerprint density at radius 2 is 1.91 bits per heavy atom. The predicted octanol–water partition coefficient (Wildman–Crippen LogP) is 1.91. The topological polar surface area (TPSA) is 151 Å². The summed E-state index contributed by atoms with van der Waals surface area (Å²) in [4.78, 5) is 59.3. The van der Waals surface area contributed by atoms with Crippen LogP contribution in [0.1, 0.15) is 36.0 Å². The number of benzene rings is 1. The highest BCUT2D eigenvalue weighted by molar-refractivity contribution is 7.99. The number of fused-ring (bicyclic) bond motifs is 2. The van der Waals surface area contributed by atoms with E-state index >= 15 is 0 Å². The van der Waals surface area contributed by atoms with E-state index in [1.54, 1.807) is 23.1 Å². The summed E-state index contributed by atoms with van der Waals surface area (Å²) in [7, 11) is -3.98. The van der Waals surface area contributed by atoms with Gasteiger partial charge in [0.05, 0.1) is 6.54 Å². The molecule has 3 aliphatic heterocycles. The third-order valence-electron chi connectivity index (χ3n) is 7.87. The number of nitrogens with zero attached hydrogens (tertiary/aromatic N) is 4. The molecule has 0 bridgehead atoms. The van der Waals surface area contributed by atoms with E-state index in [1.165, 1.54) is 33.5 Å². The number of amides is 3. The number of piperidine rings is 1. The van der Waals surface area contributed by atoms with E-state index in [1.807, 2.05) is 0 Å². The fraction of sp³-hybridized carbons (Fsp3) is 0.444. The van der Waals surface area contributed by atoms with Crippen molar-refractivity contribution in [2.75, 3.05) is 31.9 Å². The van der Waals surface area contributed by atoms with Crippen molar-refractivity contribution in [1.82, 2.24) is 29.4 Å². The van der Waals surface area contributed by atoms with E-state index in [4.69, 9.17) is 11.6 Å². The molecule has 2 aromatic heterocycles. The summed E-state index contributed by atoms with van der Waals surface area (Å²) in [5, 5.41) is 4.57. The zero-order valence-corrected chi connectivity index (χ0v) is 26.2. The maximum absolute atomic E-state index is 13.3. The van der Waals surface area contributed by atoms with Gasteiger partial charge in [0, 0.05) is 53.9 Å². The molecule has 12 nitrogen and oxygen atoms in total. The Morgan fingerprint density at radius 1 is 1.09 bits per heavy atom. The number of rotatable bonds is 8. The molecule has 3 amide bonds. The lowest BCUT2D eigenvalue weighted by Crippen LogP contribution is -2.55. The van der Waals surface area contributed by atoms with Crippen LogP contribution in [-0.2, 0) is 26.2 Å². The number of thiophene rings is 1. The molecule has 6 rings (SSSR count). The second kappa shape index (κ2) is 12.2. The smallest absolute Gasteiger partial charge is 0.267 e. The highest BCUT2D eigenvalue weighted by Gasteiger charge is 2.36. The summed E-state index contributed by atoms with van der Waals surface area (Å²) in [5.41, 5.74) is -0.411. The van der Waals surface area contributed by atoms with Gasteiger partial charge in [-0.15, -0.1) is 11.3 Å². The van der Waals surface area contributed by atoms with E-state index in [0.717, 1.165) is 28.2 Å². The minimum Gasteiger partial charge on any atom is -0.350 e. The lowest BCUT2D eigenvalue weighted by molar-refractivity contribution is -0.143. The van der Waals surface area contributed by atoms with Crippen molar-refractivity contribution in [3.63, 3.8) is 0 Å². The molecule has 1 aromatic carbocycles. The van der Waals surface area contributed by atoms with Crippen molar-refractivity contribution in [2.45, 2.75) is 53.7 Å². The van der Waals surface area contributed by atoms with Crippen molar-refractivity contribution in [3.8, 4) is 0 Å². The van der Waals surface area contributed by atoms with E-state index in [9.17, 15) is 27.6 Å². The van der Waals surface area contributed by atoms with Crippen molar-refractivity contribution >= 4 is 72.5 Å². The van der Waals surface area contributed by atoms with Gasteiger partial charge in [0.15, 0.2) is 5.16 Å². The molecular weight excluding hydrogens is 636 g/mol. The Bertz CT molecular complexity index is 1780. The highest BCUT2D eigenvalue weighted by atomic mass is 35.5. The average molecular weight is 665 g/mol. The van der Waals surface area contributed by atoms with Gasteiger partial charge in [0.2, 0.25) is 11.8 Å². The van der Waals surface area contributed by atoms with Crippen LogP contribution in [0.2, 0.25) is 5.02 Å². The van der Waals surface area contributed by atoms with Crippen LogP contribution in [-0.4, -0.2) is 89.5 Å².